The van der Waals surface area contributed by atoms with Gasteiger partial charge >= 0.3 is 0 Å². The van der Waals surface area contributed by atoms with Crippen LogP contribution < -0.4 is 5.90 Å². The molecular weight excluding hydrogens is 164 g/mol. The fraction of sp³-hybridized carbons (Fsp3) is 1.00. The van der Waals surface area contributed by atoms with Gasteiger partial charge in [0.05, 0.1) is 5.60 Å². The molecule has 1 saturated heterocycles. The minimum atomic E-state index is -0.221. The first kappa shape index (κ1) is 11.0. The van der Waals surface area contributed by atoms with Crippen LogP contribution in [0.3, 0.4) is 0 Å². The summed E-state index contributed by atoms with van der Waals surface area (Å²) in [5, 5.41) is 0. The molecule has 1 aliphatic heterocycles. The van der Waals surface area contributed by atoms with E-state index in [1.54, 1.807) is 0 Å². The van der Waals surface area contributed by atoms with Gasteiger partial charge in [-0.05, 0) is 47.1 Å². The maximum Gasteiger partial charge on any atom is 0.0992 e. The largest absolute Gasteiger partial charge is 0.297 e. The van der Waals surface area contributed by atoms with E-state index in [-0.39, 0.29) is 5.60 Å². The van der Waals surface area contributed by atoms with Crippen LogP contribution in [0.15, 0.2) is 0 Å². The summed E-state index contributed by atoms with van der Waals surface area (Å²) < 4.78 is 0. The van der Waals surface area contributed by atoms with Gasteiger partial charge in [0.15, 0.2) is 0 Å². The molecule has 0 aromatic rings. The van der Waals surface area contributed by atoms with Gasteiger partial charge in [-0.1, -0.05) is 0 Å². The second-order valence-corrected chi connectivity index (χ2v) is 4.71. The van der Waals surface area contributed by atoms with Gasteiger partial charge in [-0.3, -0.25) is 9.74 Å². The molecule has 1 atom stereocenters. The molecule has 3 nitrogen and oxygen atoms in total. The molecule has 2 N–H and O–H groups in total. The van der Waals surface area contributed by atoms with Crippen molar-refractivity contribution in [3.8, 4) is 0 Å². The minimum Gasteiger partial charge on any atom is -0.297 e. The highest BCUT2D eigenvalue weighted by molar-refractivity contribution is 4.92. The molecule has 0 aliphatic carbocycles. The second kappa shape index (κ2) is 3.95. The van der Waals surface area contributed by atoms with E-state index in [0.29, 0.717) is 12.1 Å². The van der Waals surface area contributed by atoms with Crippen LogP contribution in [0.4, 0.5) is 0 Å². The van der Waals surface area contributed by atoms with Crippen LogP contribution in [0.5, 0.6) is 0 Å². The van der Waals surface area contributed by atoms with Crippen molar-refractivity contribution in [1.82, 2.24) is 4.90 Å². The van der Waals surface area contributed by atoms with Crippen molar-refractivity contribution in [3.05, 3.63) is 0 Å². The van der Waals surface area contributed by atoms with Crippen molar-refractivity contribution >= 4 is 0 Å². The standard InChI is InChI=1S/C10H22N2O/c1-8(2)12-7-5-6-9(12)10(3,4)13-11/h8-9H,5-7,11H2,1-4H3. The molecule has 0 bridgehead atoms. The van der Waals surface area contributed by atoms with Crippen LogP contribution >= 0.6 is 0 Å². The van der Waals surface area contributed by atoms with Crippen molar-refractivity contribution < 1.29 is 4.84 Å². The van der Waals surface area contributed by atoms with Gasteiger partial charge in [0.2, 0.25) is 0 Å². The average Bonchev–Trinajstić information content (AvgIpc) is 2.52. The Hall–Kier alpha value is -0.120. The molecule has 0 radical (unpaired) electrons. The Morgan fingerprint density at radius 3 is 2.54 bits per heavy atom. The van der Waals surface area contributed by atoms with Crippen molar-refractivity contribution in [1.29, 1.82) is 0 Å². The van der Waals surface area contributed by atoms with Gasteiger partial charge in [0.25, 0.3) is 0 Å². The molecule has 1 aliphatic rings. The molecule has 1 unspecified atom stereocenters. The highest BCUT2D eigenvalue weighted by atomic mass is 16.6. The summed E-state index contributed by atoms with van der Waals surface area (Å²) in [7, 11) is 0. The Balaban J connectivity index is 2.68. The molecular formula is C10H22N2O. The maximum atomic E-state index is 5.32. The summed E-state index contributed by atoms with van der Waals surface area (Å²) in [6.45, 7) is 9.77. The lowest BCUT2D eigenvalue weighted by Crippen LogP contribution is -2.50. The Labute approximate surface area is 81.2 Å². The smallest absolute Gasteiger partial charge is 0.0992 e. The van der Waals surface area contributed by atoms with E-state index in [2.05, 4.69) is 32.6 Å². The van der Waals surface area contributed by atoms with Crippen molar-refractivity contribution in [2.75, 3.05) is 6.54 Å². The van der Waals surface area contributed by atoms with E-state index in [1.165, 1.54) is 19.4 Å². The molecule has 0 amide bonds. The predicted molar refractivity (Wildman–Crippen MR) is 54.2 cm³/mol. The summed E-state index contributed by atoms with van der Waals surface area (Å²) in [6.07, 6.45) is 2.46. The van der Waals surface area contributed by atoms with Crippen molar-refractivity contribution in [2.45, 2.75) is 58.2 Å². The summed E-state index contributed by atoms with van der Waals surface area (Å²) in [5.41, 5.74) is -0.221. The van der Waals surface area contributed by atoms with E-state index in [1.807, 2.05) is 0 Å². The van der Waals surface area contributed by atoms with Gasteiger partial charge < -0.3 is 0 Å². The lowest BCUT2D eigenvalue weighted by atomic mass is 9.96. The summed E-state index contributed by atoms with van der Waals surface area (Å²) in [4.78, 5) is 7.54. The summed E-state index contributed by atoms with van der Waals surface area (Å²) in [5.74, 6) is 5.32. The number of hydrogen-bond donors (Lipinski definition) is 1. The fourth-order valence-corrected chi connectivity index (χ4v) is 2.23. The van der Waals surface area contributed by atoms with Gasteiger partial charge in [0, 0.05) is 12.1 Å². The Kier molecular flexibility index (Phi) is 3.33. The predicted octanol–water partition coefficient (Wildman–Crippen LogP) is 1.53. The molecule has 1 fully saturated rings. The van der Waals surface area contributed by atoms with Crippen molar-refractivity contribution in [3.63, 3.8) is 0 Å². The molecule has 0 aromatic heterocycles. The molecule has 0 aromatic carbocycles. The summed E-state index contributed by atoms with van der Waals surface area (Å²) in [6, 6.07) is 1.06. The fourth-order valence-electron chi connectivity index (χ4n) is 2.23. The second-order valence-electron chi connectivity index (χ2n) is 4.71. The monoisotopic (exact) mass is 186 g/mol. The van der Waals surface area contributed by atoms with Crippen LogP contribution in [-0.2, 0) is 4.84 Å². The number of likely N-dealkylation sites (tertiary alicyclic amines) is 1. The third-order valence-electron chi connectivity index (χ3n) is 3.06. The van der Waals surface area contributed by atoms with Crippen LogP contribution in [0.2, 0.25) is 0 Å². The first-order valence-corrected chi connectivity index (χ1v) is 5.12. The zero-order valence-corrected chi connectivity index (χ0v) is 9.21. The Morgan fingerprint density at radius 2 is 2.08 bits per heavy atom. The lowest BCUT2D eigenvalue weighted by molar-refractivity contribution is -0.0764. The third kappa shape index (κ3) is 2.22. The SMILES string of the molecule is CC(C)N1CCCC1C(C)(C)ON. The number of nitrogens with two attached hydrogens (primary N) is 1. The quantitative estimate of drug-likeness (QED) is 0.679. The van der Waals surface area contributed by atoms with Gasteiger partial charge in [-0.15, -0.1) is 0 Å². The number of hydrogen-bond acceptors (Lipinski definition) is 3. The molecule has 0 saturated carbocycles. The van der Waals surface area contributed by atoms with Gasteiger partial charge in [-0.2, -0.15) is 0 Å². The maximum absolute atomic E-state index is 5.32. The Bertz CT molecular complexity index is 168. The first-order chi connectivity index (χ1) is 5.99. The van der Waals surface area contributed by atoms with Crippen LogP contribution in [0, 0.1) is 0 Å². The first-order valence-electron chi connectivity index (χ1n) is 5.12. The van der Waals surface area contributed by atoms with E-state index >= 15 is 0 Å². The van der Waals surface area contributed by atoms with Crippen molar-refractivity contribution in [2.24, 2.45) is 5.90 Å². The molecule has 0 spiro atoms. The van der Waals surface area contributed by atoms with Gasteiger partial charge in [-0.25, -0.2) is 5.90 Å². The topological polar surface area (TPSA) is 38.5 Å². The van der Waals surface area contributed by atoms with Crippen LogP contribution in [-0.4, -0.2) is 29.1 Å². The van der Waals surface area contributed by atoms with Crippen LogP contribution in [0.1, 0.15) is 40.5 Å². The Morgan fingerprint density at radius 1 is 1.46 bits per heavy atom. The van der Waals surface area contributed by atoms with Crippen LogP contribution in [0.25, 0.3) is 0 Å². The van der Waals surface area contributed by atoms with Gasteiger partial charge in [0.1, 0.15) is 0 Å². The number of rotatable bonds is 3. The molecule has 13 heavy (non-hydrogen) atoms. The normalized spacial score (nSPS) is 25.8. The average molecular weight is 186 g/mol. The molecule has 1 rings (SSSR count). The van der Waals surface area contributed by atoms with E-state index in [9.17, 15) is 0 Å². The molecule has 1 heterocycles. The molecule has 3 heteroatoms. The van der Waals surface area contributed by atoms with E-state index in [0.717, 1.165) is 0 Å². The zero-order chi connectivity index (χ0) is 10.1. The third-order valence-corrected chi connectivity index (χ3v) is 3.06. The highest BCUT2D eigenvalue weighted by Gasteiger charge is 2.38. The van der Waals surface area contributed by atoms with E-state index in [4.69, 9.17) is 10.7 Å². The lowest BCUT2D eigenvalue weighted by Gasteiger charge is -2.38. The summed E-state index contributed by atoms with van der Waals surface area (Å²) >= 11 is 0. The highest BCUT2D eigenvalue weighted by Crippen LogP contribution is 2.29. The number of nitrogens with zero attached hydrogens (tertiary/aromatic N) is 1. The van der Waals surface area contributed by atoms with E-state index < -0.39 is 0 Å². The minimum absolute atomic E-state index is 0.221. The zero-order valence-electron chi connectivity index (χ0n) is 9.21. The molecule has 78 valence electrons.